The number of nitro groups is 1. The molecule has 2 rings (SSSR count). The topological polar surface area (TPSA) is 98.7 Å². The molecule has 1 aliphatic heterocycles. The summed E-state index contributed by atoms with van der Waals surface area (Å²) in [6.07, 6.45) is 1.77. The van der Waals surface area contributed by atoms with Crippen LogP contribution in [0.1, 0.15) is 12.8 Å². The van der Waals surface area contributed by atoms with Gasteiger partial charge in [-0.2, -0.15) is 4.39 Å². The predicted octanol–water partition coefficient (Wildman–Crippen LogP) is 1.48. The van der Waals surface area contributed by atoms with Crippen molar-refractivity contribution < 1.29 is 18.8 Å². The summed E-state index contributed by atoms with van der Waals surface area (Å²) < 4.78 is 18.6. The van der Waals surface area contributed by atoms with Gasteiger partial charge in [-0.3, -0.25) is 14.9 Å². The molecule has 0 aliphatic carbocycles. The lowest BCUT2D eigenvalue weighted by Gasteiger charge is -2.23. The van der Waals surface area contributed by atoms with Crippen LogP contribution in [0.3, 0.4) is 0 Å². The summed E-state index contributed by atoms with van der Waals surface area (Å²) in [7, 11) is 0. The van der Waals surface area contributed by atoms with Gasteiger partial charge in [-0.05, 0) is 18.9 Å². The zero-order chi connectivity index (χ0) is 15.4. The number of hydrogen-bond acceptors (Lipinski definition) is 5. The Balaban J connectivity index is 0.00000242. The van der Waals surface area contributed by atoms with E-state index in [4.69, 9.17) is 10.5 Å². The standard InChI is InChI=1S/C13H16FN3O4.ClH/c14-11-6-10(3-4-12(11)17(19)20)21-8-13(18)16-5-1-2-9(16)7-15;/h3-4,6,9H,1-2,5,7-8,15H2;1H. The maximum Gasteiger partial charge on any atom is 0.305 e. The van der Waals surface area contributed by atoms with E-state index in [1.54, 1.807) is 4.90 Å². The van der Waals surface area contributed by atoms with Gasteiger partial charge in [0, 0.05) is 31.3 Å². The van der Waals surface area contributed by atoms with Gasteiger partial charge in [0.15, 0.2) is 6.61 Å². The van der Waals surface area contributed by atoms with Crippen LogP contribution in [0.4, 0.5) is 10.1 Å². The highest BCUT2D eigenvalue weighted by Crippen LogP contribution is 2.22. The van der Waals surface area contributed by atoms with E-state index in [2.05, 4.69) is 0 Å². The van der Waals surface area contributed by atoms with E-state index in [0.717, 1.165) is 25.0 Å². The van der Waals surface area contributed by atoms with E-state index < -0.39 is 16.4 Å². The number of rotatable bonds is 5. The van der Waals surface area contributed by atoms with E-state index in [0.29, 0.717) is 13.1 Å². The van der Waals surface area contributed by atoms with E-state index in [9.17, 15) is 19.3 Å². The average Bonchev–Trinajstić information content (AvgIpc) is 2.92. The summed E-state index contributed by atoms with van der Waals surface area (Å²) in [5.74, 6) is -1.14. The number of nitro benzene ring substituents is 1. The Morgan fingerprint density at radius 1 is 1.55 bits per heavy atom. The lowest BCUT2D eigenvalue weighted by atomic mass is 10.2. The molecule has 0 saturated carbocycles. The van der Waals surface area contributed by atoms with Crippen molar-refractivity contribution in [3.8, 4) is 5.75 Å². The summed E-state index contributed by atoms with van der Waals surface area (Å²) in [6.45, 7) is 0.796. The summed E-state index contributed by atoms with van der Waals surface area (Å²) in [5, 5.41) is 10.5. The van der Waals surface area contributed by atoms with Crippen molar-refractivity contribution in [3.05, 3.63) is 34.1 Å². The molecule has 1 saturated heterocycles. The van der Waals surface area contributed by atoms with Crippen molar-refractivity contribution in [2.45, 2.75) is 18.9 Å². The molecule has 7 nitrogen and oxygen atoms in total. The van der Waals surface area contributed by atoms with Crippen LogP contribution >= 0.6 is 12.4 Å². The van der Waals surface area contributed by atoms with E-state index >= 15 is 0 Å². The molecule has 1 aromatic carbocycles. The molecule has 1 heterocycles. The van der Waals surface area contributed by atoms with Gasteiger partial charge in [-0.15, -0.1) is 12.4 Å². The molecular weight excluding hydrogens is 317 g/mol. The highest BCUT2D eigenvalue weighted by atomic mass is 35.5. The Morgan fingerprint density at radius 2 is 2.27 bits per heavy atom. The second kappa shape index (κ2) is 7.90. The maximum atomic E-state index is 13.4. The van der Waals surface area contributed by atoms with E-state index in [-0.39, 0.29) is 36.7 Å². The van der Waals surface area contributed by atoms with Gasteiger partial charge in [-0.1, -0.05) is 0 Å². The lowest BCUT2D eigenvalue weighted by molar-refractivity contribution is -0.387. The van der Waals surface area contributed by atoms with Crippen LogP contribution in [0.2, 0.25) is 0 Å². The Bertz CT molecular complexity index is 558. The molecule has 1 aliphatic rings. The van der Waals surface area contributed by atoms with Gasteiger partial charge in [-0.25, -0.2) is 0 Å². The molecule has 9 heteroatoms. The van der Waals surface area contributed by atoms with E-state index in [1.165, 1.54) is 6.07 Å². The fourth-order valence-electron chi connectivity index (χ4n) is 2.36. The number of halogens is 2. The van der Waals surface area contributed by atoms with Crippen molar-refractivity contribution in [2.24, 2.45) is 5.73 Å². The Labute approximate surface area is 132 Å². The van der Waals surface area contributed by atoms with Gasteiger partial charge in [0.05, 0.1) is 4.92 Å². The quantitative estimate of drug-likeness (QED) is 0.650. The van der Waals surface area contributed by atoms with Gasteiger partial charge in [0.1, 0.15) is 5.75 Å². The van der Waals surface area contributed by atoms with E-state index in [1.807, 2.05) is 0 Å². The van der Waals surface area contributed by atoms with Crippen LogP contribution < -0.4 is 10.5 Å². The molecule has 1 unspecified atom stereocenters. The third kappa shape index (κ3) is 4.05. The minimum atomic E-state index is -0.994. The summed E-state index contributed by atoms with van der Waals surface area (Å²) >= 11 is 0. The summed E-state index contributed by atoms with van der Waals surface area (Å²) in [6, 6.07) is 3.19. The van der Waals surface area contributed by atoms with Crippen LogP contribution in [-0.2, 0) is 4.79 Å². The third-order valence-electron chi connectivity index (χ3n) is 3.45. The molecule has 2 N–H and O–H groups in total. The molecular formula is C13H17ClFN3O4. The number of ether oxygens (including phenoxy) is 1. The number of amides is 1. The first kappa shape index (κ1) is 18.1. The number of carbonyl (C=O) groups excluding carboxylic acids is 1. The lowest BCUT2D eigenvalue weighted by Crippen LogP contribution is -2.42. The second-order valence-electron chi connectivity index (χ2n) is 4.78. The smallest absolute Gasteiger partial charge is 0.305 e. The van der Waals surface area contributed by atoms with Crippen molar-refractivity contribution in [2.75, 3.05) is 19.7 Å². The Morgan fingerprint density at radius 3 is 2.86 bits per heavy atom. The number of carbonyl (C=O) groups is 1. The minimum Gasteiger partial charge on any atom is -0.484 e. The first-order valence-corrected chi connectivity index (χ1v) is 6.59. The zero-order valence-corrected chi connectivity index (χ0v) is 12.6. The van der Waals surface area contributed by atoms with Crippen LogP contribution in [-0.4, -0.2) is 41.5 Å². The van der Waals surface area contributed by atoms with Crippen LogP contribution in [0.25, 0.3) is 0 Å². The molecule has 122 valence electrons. The van der Waals surface area contributed by atoms with Gasteiger partial charge >= 0.3 is 5.69 Å². The van der Waals surface area contributed by atoms with Crippen LogP contribution in [0.15, 0.2) is 18.2 Å². The van der Waals surface area contributed by atoms with Crippen molar-refractivity contribution >= 4 is 24.0 Å². The van der Waals surface area contributed by atoms with Crippen LogP contribution in [0.5, 0.6) is 5.75 Å². The summed E-state index contributed by atoms with van der Waals surface area (Å²) in [5.41, 5.74) is 4.96. The molecule has 1 amide bonds. The fourth-order valence-corrected chi connectivity index (χ4v) is 2.36. The highest BCUT2D eigenvalue weighted by Gasteiger charge is 2.27. The molecule has 1 fully saturated rings. The molecule has 22 heavy (non-hydrogen) atoms. The monoisotopic (exact) mass is 333 g/mol. The maximum absolute atomic E-state index is 13.4. The molecule has 1 atom stereocenters. The van der Waals surface area contributed by atoms with Crippen LogP contribution in [0, 0.1) is 15.9 Å². The SMILES string of the molecule is Cl.NCC1CCCN1C(=O)COc1ccc([N+](=O)[O-])c(F)c1. The zero-order valence-electron chi connectivity index (χ0n) is 11.7. The fraction of sp³-hybridized carbons (Fsp3) is 0.462. The minimum absolute atomic E-state index is 0. The second-order valence-corrected chi connectivity index (χ2v) is 4.78. The molecule has 1 aromatic rings. The highest BCUT2D eigenvalue weighted by molar-refractivity contribution is 5.85. The van der Waals surface area contributed by atoms with Gasteiger partial charge in [0.2, 0.25) is 5.82 Å². The number of benzene rings is 1. The number of hydrogen-bond donors (Lipinski definition) is 1. The third-order valence-corrected chi connectivity index (χ3v) is 3.45. The number of likely N-dealkylation sites (tertiary alicyclic amines) is 1. The van der Waals surface area contributed by atoms with Gasteiger partial charge in [0.25, 0.3) is 5.91 Å². The molecule has 0 radical (unpaired) electrons. The number of nitrogens with two attached hydrogens (primary N) is 1. The molecule has 0 aromatic heterocycles. The first-order chi connectivity index (χ1) is 10.0. The molecule has 0 bridgehead atoms. The average molecular weight is 334 g/mol. The van der Waals surface area contributed by atoms with Crippen molar-refractivity contribution in [1.82, 2.24) is 4.90 Å². The molecule has 0 spiro atoms. The van der Waals surface area contributed by atoms with Gasteiger partial charge < -0.3 is 15.4 Å². The first-order valence-electron chi connectivity index (χ1n) is 6.59. The normalized spacial score (nSPS) is 17.0. The predicted molar refractivity (Wildman–Crippen MR) is 79.6 cm³/mol. The summed E-state index contributed by atoms with van der Waals surface area (Å²) in [4.78, 5) is 23.3. The largest absolute Gasteiger partial charge is 0.484 e. The Hall–Kier alpha value is -1.93. The van der Waals surface area contributed by atoms with Crippen molar-refractivity contribution in [1.29, 1.82) is 0 Å². The number of nitrogens with zero attached hydrogens (tertiary/aromatic N) is 2. The Kier molecular flexibility index (Phi) is 6.51. The van der Waals surface area contributed by atoms with Crippen molar-refractivity contribution in [3.63, 3.8) is 0 Å².